The van der Waals surface area contributed by atoms with Crippen LogP contribution in [0, 0.1) is 5.92 Å². The van der Waals surface area contributed by atoms with Crippen molar-refractivity contribution in [2.45, 2.75) is 39.7 Å². The summed E-state index contributed by atoms with van der Waals surface area (Å²) < 4.78 is 0.967. The second kappa shape index (κ2) is 5.43. The van der Waals surface area contributed by atoms with Crippen molar-refractivity contribution in [2.24, 2.45) is 5.92 Å². The van der Waals surface area contributed by atoms with Gasteiger partial charge in [-0.1, -0.05) is 22.9 Å². The van der Waals surface area contributed by atoms with E-state index in [0.29, 0.717) is 6.04 Å². The predicted molar refractivity (Wildman–Crippen MR) is 79.4 cm³/mol. The van der Waals surface area contributed by atoms with Crippen molar-refractivity contribution in [3.05, 3.63) is 28.2 Å². The van der Waals surface area contributed by atoms with Crippen LogP contribution in [0.5, 0.6) is 0 Å². The van der Waals surface area contributed by atoms with Crippen LogP contribution < -0.4 is 4.90 Å². The summed E-state index contributed by atoms with van der Waals surface area (Å²) >= 11 is 3.44. The monoisotopic (exact) mass is 309 g/mol. The lowest BCUT2D eigenvalue weighted by molar-refractivity contribution is 0.101. The molecule has 1 heterocycles. The molecule has 98 valence electrons. The van der Waals surface area contributed by atoms with Gasteiger partial charge in [-0.2, -0.15) is 0 Å². The highest BCUT2D eigenvalue weighted by Gasteiger charge is 2.25. The lowest BCUT2D eigenvalue weighted by Crippen LogP contribution is -2.40. The lowest BCUT2D eigenvalue weighted by Gasteiger charge is -2.39. The number of rotatable bonds is 2. The SMILES string of the molecule is CC(=O)c1cc(Br)ccc1N1CCC(C)CC1C. The standard InChI is InChI=1S/C15H20BrNO/c1-10-6-7-17(11(2)8-10)15-5-4-13(16)9-14(15)12(3)18/h4-5,9-11H,6-8H2,1-3H3. The van der Waals surface area contributed by atoms with Crippen LogP contribution in [0.3, 0.4) is 0 Å². The Morgan fingerprint density at radius 3 is 2.72 bits per heavy atom. The molecule has 2 nitrogen and oxygen atoms in total. The predicted octanol–water partition coefficient (Wildman–Crippen LogP) is 4.28. The molecular weight excluding hydrogens is 290 g/mol. The summed E-state index contributed by atoms with van der Waals surface area (Å²) in [5.41, 5.74) is 1.91. The molecule has 0 amide bonds. The molecule has 1 saturated heterocycles. The molecule has 0 saturated carbocycles. The van der Waals surface area contributed by atoms with Gasteiger partial charge in [0.2, 0.25) is 0 Å². The summed E-state index contributed by atoms with van der Waals surface area (Å²) in [6.07, 6.45) is 2.41. The van der Waals surface area contributed by atoms with E-state index in [4.69, 9.17) is 0 Å². The summed E-state index contributed by atoms with van der Waals surface area (Å²) in [7, 11) is 0. The van der Waals surface area contributed by atoms with Gasteiger partial charge in [0, 0.05) is 28.3 Å². The average Bonchev–Trinajstić information content (AvgIpc) is 2.29. The van der Waals surface area contributed by atoms with Crippen molar-refractivity contribution in [1.82, 2.24) is 0 Å². The van der Waals surface area contributed by atoms with Crippen LogP contribution in [0.4, 0.5) is 5.69 Å². The second-order valence-electron chi connectivity index (χ2n) is 5.39. The first-order valence-electron chi connectivity index (χ1n) is 6.56. The van der Waals surface area contributed by atoms with E-state index >= 15 is 0 Å². The number of halogens is 1. The van der Waals surface area contributed by atoms with Crippen LogP contribution in [-0.2, 0) is 0 Å². The van der Waals surface area contributed by atoms with Crippen molar-refractivity contribution in [2.75, 3.05) is 11.4 Å². The number of carbonyl (C=O) groups is 1. The zero-order valence-electron chi connectivity index (χ0n) is 11.2. The van der Waals surface area contributed by atoms with Crippen LogP contribution in [-0.4, -0.2) is 18.4 Å². The molecule has 1 aliphatic rings. The summed E-state index contributed by atoms with van der Waals surface area (Å²) in [5, 5.41) is 0. The van der Waals surface area contributed by atoms with Gasteiger partial charge in [0.25, 0.3) is 0 Å². The zero-order valence-corrected chi connectivity index (χ0v) is 12.8. The van der Waals surface area contributed by atoms with Gasteiger partial charge in [-0.05, 0) is 50.8 Å². The van der Waals surface area contributed by atoms with Crippen molar-refractivity contribution in [3.63, 3.8) is 0 Å². The number of hydrogen-bond donors (Lipinski definition) is 0. The Hall–Kier alpha value is -0.830. The summed E-state index contributed by atoms with van der Waals surface area (Å²) in [6.45, 7) is 7.25. The molecule has 1 aromatic rings. The molecule has 3 heteroatoms. The van der Waals surface area contributed by atoms with E-state index in [1.807, 2.05) is 12.1 Å². The van der Waals surface area contributed by atoms with E-state index in [-0.39, 0.29) is 5.78 Å². The fourth-order valence-corrected chi connectivity index (χ4v) is 3.17. The summed E-state index contributed by atoms with van der Waals surface area (Å²) in [5.74, 6) is 0.921. The smallest absolute Gasteiger partial charge is 0.161 e. The molecule has 2 atom stereocenters. The molecule has 0 N–H and O–H groups in total. The molecule has 2 unspecified atom stereocenters. The minimum Gasteiger partial charge on any atom is -0.368 e. The minimum atomic E-state index is 0.136. The maximum Gasteiger partial charge on any atom is 0.161 e. The van der Waals surface area contributed by atoms with Crippen LogP contribution >= 0.6 is 15.9 Å². The Labute approximate surface area is 117 Å². The molecule has 18 heavy (non-hydrogen) atoms. The number of hydrogen-bond acceptors (Lipinski definition) is 2. The fraction of sp³-hybridized carbons (Fsp3) is 0.533. The van der Waals surface area contributed by atoms with Crippen molar-refractivity contribution in [1.29, 1.82) is 0 Å². The van der Waals surface area contributed by atoms with Gasteiger partial charge in [0.05, 0.1) is 0 Å². The highest BCUT2D eigenvalue weighted by molar-refractivity contribution is 9.10. The molecule has 1 fully saturated rings. The van der Waals surface area contributed by atoms with Crippen molar-refractivity contribution in [3.8, 4) is 0 Å². The highest BCUT2D eigenvalue weighted by atomic mass is 79.9. The largest absolute Gasteiger partial charge is 0.368 e. The van der Waals surface area contributed by atoms with Crippen LogP contribution in [0.25, 0.3) is 0 Å². The molecule has 2 rings (SSSR count). The van der Waals surface area contributed by atoms with E-state index in [9.17, 15) is 4.79 Å². The number of ketones is 1. The molecule has 0 aromatic heterocycles. The molecular formula is C15H20BrNO. The topological polar surface area (TPSA) is 20.3 Å². The molecule has 1 aromatic carbocycles. The maximum atomic E-state index is 11.8. The highest BCUT2D eigenvalue weighted by Crippen LogP contribution is 2.32. The second-order valence-corrected chi connectivity index (χ2v) is 6.31. The van der Waals surface area contributed by atoms with Crippen LogP contribution in [0.15, 0.2) is 22.7 Å². The van der Waals surface area contributed by atoms with Gasteiger partial charge in [0.1, 0.15) is 0 Å². The first-order valence-corrected chi connectivity index (χ1v) is 7.35. The van der Waals surface area contributed by atoms with Gasteiger partial charge >= 0.3 is 0 Å². The normalized spacial score (nSPS) is 24.1. The number of Topliss-reactive ketones (excluding diaryl/α,β-unsaturated/α-hetero) is 1. The Bertz CT molecular complexity index is 458. The van der Waals surface area contributed by atoms with Gasteiger partial charge in [-0.25, -0.2) is 0 Å². The maximum absolute atomic E-state index is 11.8. The van der Waals surface area contributed by atoms with E-state index in [1.54, 1.807) is 6.92 Å². The Morgan fingerprint density at radius 1 is 1.39 bits per heavy atom. The van der Waals surface area contributed by atoms with Gasteiger partial charge in [-0.3, -0.25) is 4.79 Å². The first-order chi connectivity index (χ1) is 8.49. The molecule has 0 radical (unpaired) electrons. The summed E-state index contributed by atoms with van der Waals surface area (Å²) in [4.78, 5) is 14.2. The molecule has 0 spiro atoms. The number of carbonyl (C=O) groups excluding carboxylic acids is 1. The van der Waals surface area contributed by atoms with E-state index < -0.39 is 0 Å². The molecule has 0 aliphatic carbocycles. The van der Waals surface area contributed by atoms with Gasteiger partial charge in [-0.15, -0.1) is 0 Å². The van der Waals surface area contributed by atoms with E-state index in [1.165, 1.54) is 12.8 Å². The van der Waals surface area contributed by atoms with Gasteiger partial charge < -0.3 is 4.90 Å². The Balaban J connectivity index is 2.35. The summed E-state index contributed by atoms with van der Waals surface area (Å²) in [6, 6.07) is 6.52. The van der Waals surface area contributed by atoms with E-state index in [2.05, 4.69) is 40.7 Å². The van der Waals surface area contributed by atoms with Crippen LogP contribution in [0.1, 0.15) is 44.0 Å². The fourth-order valence-electron chi connectivity index (χ4n) is 2.81. The Kier molecular flexibility index (Phi) is 4.10. The third kappa shape index (κ3) is 2.77. The number of piperidine rings is 1. The number of anilines is 1. The van der Waals surface area contributed by atoms with Crippen molar-refractivity contribution >= 4 is 27.4 Å². The van der Waals surface area contributed by atoms with E-state index in [0.717, 1.165) is 28.2 Å². The van der Waals surface area contributed by atoms with Crippen molar-refractivity contribution < 1.29 is 4.79 Å². The lowest BCUT2D eigenvalue weighted by atomic mass is 9.92. The average molecular weight is 310 g/mol. The third-order valence-electron chi connectivity index (χ3n) is 3.79. The number of benzene rings is 1. The quantitative estimate of drug-likeness (QED) is 0.760. The van der Waals surface area contributed by atoms with Gasteiger partial charge in [0.15, 0.2) is 5.78 Å². The minimum absolute atomic E-state index is 0.136. The molecule has 1 aliphatic heterocycles. The first kappa shape index (κ1) is 13.6. The zero-order chi connectivity index (χ0) is 13.3. The number of nitrogens with zero attached hydrogens (tertiary/aromatic N) is 1. The Morgan fingerprint density at radius 2 is 2.11 bits per heavy atom. The molecule has 0 bridgehead atoms. The third-order valence-corrected chi connectivity index (χ3v) is 4.28. The van der Waals surface area contributed by atoms with Crippen LogP contribution in [0.2, 0.25) is 0 Å².